The maximum absolute atomic E-state index is 12.4. The fraction of sp³-hybridized carbons (Fsp3) is 0.235. The molecule has 1 aliphatic heterocycles. The molecular formula is C17H18N2O2. The summed E-state index contributed by atoms with van der Waals surface area (Å²) >= 11 is 0. The lowest BCUT2D eigenvalue weighted by Gasteiger charge is -2.18. The van der Waals surface area contributed by atoms with Gasteiger partial charge in [-0.2, -0.15) is 0 Å². The number of nitrogens with zero attached hydrogens (tertiary/aromatic N) is 1. The molecular weight excluding hydrogens is 264 g/mol. The molecule has 0 aromatic heterocycles. The van der Waals surface area contributed by atoms with Gasteiger partial charge in [0.05, 0.1) is 19.2 Å². The number of methoxy groups -OCH3 is 1. The molecule has 1 aliphatic rings. The fourth-order valence-corrected chi connectivity index (χ4v) is 2.82. The van der Waals surface area contributed by atoms with Gasteiger partial charge in [-0.15, -0.1) is 0 Å². The highest BCUT2D eigenvalue weighted by atomic mass is 16.5. The molecule has 0 aliphatic carbocycles. The van der Waals surface area contributed by atoms with Crippen LogP contribution >= 0.6 is 0 Å². The Hall–Kier alpha value is -2.49. The molecule has 1 heterocycles. The number of rotatable bonds is 1. The molecule has 0 fully saturated rings. The van der Waals surface area contributed by atoms with Crippen LogP contribution in [0.3, 0.4) is 0 Å². The highest BCUT2D eigenvalue weighted by molar-refractivity contribution is 6.03. The first kappa shape index (κ1) is 13.5. The van der Waals surface area contributed by atoms with Gasteiger partial charge in [0.15, 0.2) is 0 Å². The topological polar surface area (TPSA) is 55.6 Å². The second-order valence-corrected chi connectivity index (χ2v) is 5.39. The first-order valence-electron chi connectivity index (χ1n) is 6.85. The summed E-state index contributed by atoms with van der Waals surface area (Å²) in [5.41, 5.74) is 11.5. The van der Waals surface area contributed by atoms with Gasteiger partial charge in [-0.1, -0.05) is 6.07 Å². The summed E-state index contributed by atoms with van der Waals surface area (Å²) in [6.45, 7) is 2.01. The SMILES string of the molecule is COc1cc2c(cc1C)-c1ccc(N)cc1N(C)C(=O)C2. The Morgan fingerprint density at radius 3 is 2.67 bits per heavy atom. The van der Waals surface area contributed by atoms with E-state index in [2.05, 4.69) is 6.07 Å². The van der Waals surface area contributed by atoms with Crippen molar-refractivity contribution in [2.75, 3.05) is 24.8 Å². The van der Waals surface area contributed by atoms with Gasteiger partial charge >= 0.3 is 0 Å². The number of ether oxygens (including phenoxy) is 1. The van der Waals surface area contributed by atoms with Crippen LogP contribution in [0.4, 0.5) is 11.4 Å². The summed E-state index contributed by atoms with van der Waals surface area (Å²) in [6, 6.07) is 9.73. The molecule has 0 bridgehead atoms. The lowest BCUT2D eigenvalue weighted by molar-refractivity contribution is -0.117. The van der Waals surface area contributed by atoms with E-state index in [1.165, 1.54) is 0 Å². The van der Waals surface area contributed by atoms with Gasteiger partial charge in [0.2, 0.25) is 5.91 Å². The average Bonchev–Trinajstić information content (AvgIpc) is 2.56. The number of fused-ring (bicyclic) bond motifs is 3. The first-order chi connectivity index (χ1) is 10.0. The van der Waals surface area contributed by atoms with E-state index in [1.54, 1.807) is 19.1 Å². The molecule has 4 heteroatoms. The van der Waals surface area contributed by atoms with E-state index in [4.69, 9.17) is 10.5 Å². The average molecular weight is 282 g/mol. The van der Waals surface area contributed by atoms with Crippen molar-refractivity contribution in [3.63, 3.8) is 0 Å². The van der Waals surface area contributed by atoms with E-state index in [-0.39, 0.29) is 5.91 Å². The Kier molecular flexibility index (Phi) is 3.09. The van der Waals surface area contributed by atoms with Crippen molar-refractivity contribution >= 4 is 17.3 Å². The van der Waals surface area contributed by atoms with E-state index in [0.717, 1.165) is 33.7 Å². The quantitative estimate of drug-likeness (QED) is 0.818. The first-order valence-corrected chi connectivity index (χ1v) is 6.85. The number of benzene rings is 2. The predicted molar refractivity (Wildman–Crippen MR) is 84.7 cm³/mol. The number of carbonyl (C=O) groups is 1. The number of hydrogen-bond acceptors (Lipinski definition) is 3. The largest absolute Gasteiger partial charge is 0.496 e. The maximum Gasteiger partial charge on any atom is 0.231 e. The number of likely N-dealkylation sites (N-methyl/N-ethyl adjacent to an activating group) is 1. The van der Waals surface area contributed by atoms with Crippen molar-refractivity contribution in [1.29, 1.82) is 0 Å². The zero-order valence-corrected chi connectivity index (χ0v) is 12.4. The number of anilines is 2. The molecule has 4 nitrogen and oxygen atoms in total. The van der Waals surface area contributed by atoms with E-state index < -0.39 is 0 Å². The lowest BCUT2D eigenvalue weighted by atomic mass is 9.95. The lowest BCUT2D eigenvalue weighted by Crippen LogP contribution is -2.26. The number of amides is 1. The minimum Gasteiger partial charge on any atom is -0.496 e. The number of hydrogen-bond donors (Lipinski definition) is 1. The van der Waals surface area contributed by atoms with E-state index >= 15 is 0 Å². The van der Waals surface area contributed by atoms with Gasteiger partial charge in [0.1, 0.15) is 5.75 Å². The third-order valence-corrected chi connectivity index (χ3v) is 4.01. The van der Waals surface area contributed by atoms with Crippen LogP contribution in [0.2, 0.25) is 0 Å². The van der Waals surface area contributed by atoms with Crippen LogP contribution in [0.15, 0.2) is 30.3 Å². The molecule has 0 radical (unpaired) electrons. The standard InChI is InChI=1S/C17H18N2O2/c1-10-6-14-11(7-16(10)21-3)8-17(20)19(2)15-9-12(18)4-5-13(14)15/h4-7,9H,8,18H2,1-3H3. The van der Waals surface area contributed by atoms with Crippen molar-refractivity contribution in [2.45, 2.75) is 13.3 Å². The molecule has 0 unspecified atom stereocenters. The summed E-state index contributed by atoms with van der Waals surface area (Å²) < 4.78 is 5.38. The number of nitrogens with two attached hydrogens (primary N) is 1. The van der Waals surface area contributed by atoms with Gasteiger partial charge in [-0.3, -0.25) is 4.79 Å². The number of aryl methyl sites for hydroxylation is 1. The van der Waals surface area contributed by atoms with Crippen LogP contribution in [0.1, 0.15) is 11.1 Å². The van der Waals surface area contributed by atoms with Crippen molar-refractivity contribution in [3.05, 3.63) is 41.5 Å². The Morgan fingerprint density at radius 2 is 1.95 bits per heavy atom. The predicted octanol–water partition coefficient (Wildman–Crippen LogP) is 2.77. The molecule has 2 aromatic rings. The molecule has 0 atom stereocenters. The Balaban J connectivity index is 2.31. The van der Waals surface area contributed by atoms with Crippen LogP contribution < -0.4 is 15.4 Å². The summed E-state index contributed by atoms with van der Waals surface area (Å²) in [7, 11) is 3.44. The molecule has 1 amide bonds. The van der Waals surface area contributed by atoms with Crippen molar-refractivity contribution in [3.8, 4) is 16.9 Å². The molecule has 0 saturated carbocycles. The normalized spacial score (nSPS) is 13.5. The zero-order valence-electron chi connectivity index (χ0n) is 12.4. The van der Waals surface area contributed by atoms with Crippen LogP contribution in [0, 0.1) is 6.92 Å². The van der Waals surface area contributed by atoms with Gasteiger partial charge in [-0.05, 0) is 47.9 Å². The van der Waals surface area contributed by atoms with E-state index in [0.29, 0.717) is 12.1 Å². The third kappa shape index (κ3) is 2.13. The molecule has 108 valence electrons. The van der Waals surface area contributed by atoms with Gasteiger partial charge in [0, 0.05) is 18.3 Å². The molecule has 0 saturated heterocycles. The summed E-state index contributed by atoms with van der Waals surface area (Å²) in [6.07, 6.45) is 0.358. The van der Waals surface area contributed by atoms with Crippen molar-refractivity contribution in [1.82, 2.24) is 0 Å². The van der Waals surface area contributed by atoms with Crippen LogP contribution in [-0.4, -0.2) is 20.1 Å². The monoisotopic (exact) mass is 282 g/mol. The summed E-state index contributed by atoms with van der Waals surface area (Å²) in [5.74, 6) is 0.856. The summed E-state index contributed by atoms with van der Waals surface area (Å²) in [4.78, 5) is 14.1. The fourth-order valence-electron chi connectivity index (χ4n) is 2.82. The maximum atomic E-state index is 12.4. The number of carbonyl (C=O) groups excluding carboxylic acids is 1. The van der Waals surface area contributed by atoms with Crippen LogP contribution in [-0.2, 0) is 11.2 Å². The second kappa shape index (κ2) is 4.81. The molecule has 3 rings (SSSR count). The van der Waals surface area contributed by atoms with Gasteiger partial charge in [-0.25, -0.2) is 0 Å². The van der Waals surface area contributed by atoms with Crippen LogP contribution in [0.5, 0.6) is 5.75 Å². The molecule has 0 spiro atoms. The molecule has 2 aromatic carbocycles. The van der Waals surface area contributed by atoms with Crippen molar-refractivity contribution < 1.29 is 9.53 Å². The smallest absolute Gasteiger partial charge is 0.231 e. The van der Waals surface area contributed by atoms with Crippen LogP contribution in [0.25, 0.3) is 11.1 Å². The van der Waals surface area contributed by atoms with Gasteiger partial charge in [0.25, 0.3) is 0 Å². The minimum atomic E-state index is 0.0477. The Labute approximate surface area is 124 Å². The Morgan fingerprint density at radius 1 is 1.19 bits per heavy atom. The summed E-state index contributed by atoms with van der Waals surface area (Å²) in [5, 5.41) is 0. The van der Waals surface area contributed by atoms with Crippen molar-refractivity contribution in [2.24, 2.45) is 0 Å². The zero-order chi connectivity index (χ0) is 15.1. The van der Waals surface area contributed by atoms with E-state index in [9.17, 15) is 4.79 Å². The minimum absolute atomic E-state index is 0.0477. The number of nitrogen functional groups attached to an aromatic ring is 1. The third-order valence-electron chi connectivity index (χ3n) is 4.01. The second-order valence-electron chi connectivity index (χ2n) is 5.39. The Bertz CT molecular complexity index is 738. The highest BCUT2D eigenvalue weighted by Crippen LogP contribution is 2.39. The molecule has 2 N–H and O–H groups in total. The van der Waals surface area contributed by atoms with Gasteiger partial charge < -0.3 is 15.4 Å². The highest BCUT2D eigenvalue weighted by Gasteiger charge is 2.24. The molecule has 21 heavy (non-hydrogen) atoms. The van der Waals surface area contributed by atoms with E-state index in [1.807, 2.05) is 31.2 Å².